The molecule has 0 fully saturated rings. The Bertz CT molecular complexity index is 832. The van der Waals surface area contributed by atoms with Crippen LogP contribution in [0, 0.1) is 0 Å². The summed E-state index contributed by atoms with van der Waals surface area (Å²) in [6.45, 7) is 0. The van der Waals surface area contributed by atoms with Gasteiger partial charge in [-0.15, -0.1) is 0 Å². The van der Waals surface area contributed by atoms with E-state index in [9.17, 15) is 0 Å². The van der Waals surface area contributed by atoms with E-state index in [1.807, 2.05) is 28.9 Å². The van der Waals surface area contributed by atoms with Gasteiger partial charge in [0.2, 0.25) is 0 Å². The Morgan fingerprint density at radius 3 is 3.09 bits per heavy atom. The van der Waals surface area contributed by atoms with Crippen LogP contribution in [0.5, 0.6) is 5.75 Å². The lowest BCUT2D eigenvalue weighted by atomic mass is 10.0. The first kappa shape index (κ1) is 12.9. The molecule has 2 heterocycles. The zero-order chi connectivity index (χ0) is 14.9. The van der Waals surface area contributed by atoms with Crippen molar-refractivity contribution in [3.05, 3.63) is 54.3 Å². The Hall–Kier alpha value is -2.82. The third-order valence-corrected chi connectivity index (χ3v) is 3.83. The number of fused-ring (bicyclic) bond motifs is 1. The number of hydrogen-bond donors (Lipinski definition) is 0. The second-order valence-corrected chi connectivity index (χ2v) is 5.14. The largest absolute Gasteiger partial charge is 0.497 e. The highest BCUT2D eigenvalue weighted by Crippen LogP contribution is 2.31. The summed E-state index contributed by atoms with van der Waals surface area (Å²) in [5.74, 6) is 0.816. The fourth-order valence-electron chi connectivity index (χ4n) is 2.78. The van der Waals surface area contributed by atoms with Gasteiger partial charge >= 0.3 is 0 Å². The zero-order valence-corrected chi connectivity index (χ0v) is 12.2. The maximum atomic E-state index is 5.32. The average Bonchev–Trinajstić information content (AvgIpc) is 3.22. The molecule has 0 saturated heterocycles. The lowest BCUT2D eigenvalue weighted by Crippen LogP contribution is -2.04. The summed E-state index contributed by atoms with van der Waals surface area (Å²) < 4.78 is 12.4. The van der Waals surface area contributed by atoms with Crippen LogP contribution in [0.2, 0.25) is 0 Å². The van der Waals surface area contributed by atoms with Gasteiger partial charge < -0.3 is 9.15 Å². The Morgan fingerprint density at radius 1 is 1.32 bits per heavy atom. The quantitative estimate of drug-likeness (QED) is 0.741. The van der Waals surface area contributed by atoms with Crippen molar-refractivity contribution in [3.63, 3.8) is 0 Å². The lowest BCUT2D eigenvalue weighted by molar-refractivity contribution is 0.414. The van der Waals surface area contributed by atoms with E-state index in [4.69, 9.17) is 14.3 Å². The lowest BCUT2D eigenvalue weighted by Gasteiger charge is -2.11. The molecule has 0 bridgehead atoms. The number of methoxy groups -OCH3 is 1. The standard InChI is InChI=1S/C17H15N3O2/c1-21-13-6-4-5-12(9-13)20-16-8-3-2-7-14(16)17(19-20)15-10-22-11-18-15/h2,4-7,9-11H,3,8H2,1H3. The monoisotopic (exact) mass is 293 g/mol. The van der Waals surface area contributed by atoms with E-state index >= 15 is 0 Å². The average molecular weight is 293 g/mol. The van der Waals surface area contributed by atoms with Crippen molar-refractivity contribution >= 4 is 6.08 Å². The molecule has 0 amide bonds. The number of aromatic nitrogens is 3. The summed E-state index contributed by atoms with van der Waals surface area (Å²) in [5.41, 5.74) is 4.89. The Kier molecular flexibility index (Phi) is 3.04. The third-order valence-electron chi connectivity index (χ3n) is 3.83. The summed E-state index contributed by atoms with van der Waals surface area (Å²) in [6, 6.07) is 7.91. The zero-order valence-electron chi connectivity index (χ0n) is 12.2. The number of benzene rings is 1. The molecule has 0 aliphatic heterocycles. The number of hydrogen-bond acceptors (Lipinski definition) is 4. The van der Waals surface area contributed by atoms with Crippen LogP contribution in [0.1, 0.15) is 17.7 Å². The van der Waals surface area contributed by atoms with Gasteiger partial charge in [-0.3, -0.25) is 0 Å². The van der Waals surface area contributed by atoms with Crippen molar-refractivity contribution < 1.29 is 9.15 Å². The van der Waals surface area contributed by atoms with Crippen molar-refractivity contribution in [1.29, 1.82) is 0 Å². The minimum atomic E-state index is 0.754. The van der Waals surface area contributed by atoms with Crippen molar-refractivity contribution in [1.82, 2.24) is 14.8 Å². The summed E-state index contributed by atoms with van der Waals surface area (Å²) in [4.78, 5) is 4.23. The van der Waals surface area contributed by atoms with Gasteiger partial charge in [-0.1, -0.05) is 18.2 Å². The van der Waals surface area contributed by atoms with Gasteiger partial charge in [-0.25, -0.2) is 9.67 Å². The minimum Gasteiger partial charge on any atom is -0.497 e. The van der Waals surface area contributed by atoms with Gasteiger partial charge in [-0.05, 0) is 25.0 Å². The van der Waals surface area contributed by atoms with Gasteiger partial charge in [0.05, 0.1) is 18.5 Å². The number of allylic oxidation sites excluding steroid dienone is 1. The van der Waals surface area contributed by atoms with Gasteiger partial charge in [-0.2, -0.15) is 5.10 Å². The van der Waals surface area contributed by atoms with Gasteiger partial charge in [0.1, 0.15) is 23.4 Å². The fourth-order valence-corrected chi connectivity index (χ4v) is 2.78. The van der Waals surface area contributed by atoms with Crippen LogP contribution in [0.15, 0.2) is 47.4 Å². The van der Waals surface area contributed by atoms with Crippen LogP contribution in [0.25, 0.3) is 23.2 Å². The molecule has 1 aliphatic rings. The minimum absolute atomic E-state index is 0.754. The molecule has 1 aromatic carbocycles. The first-order valence-corrected chi connectivity index (χ1v) is 7.18. The maximum absolute atomic E-state index is 5.32. The molecule has 0 spiro atoms. The molecule has 0 unspecified atom stereocenters. The molecule has 0 radical (unpaired) electrons. The maximum Gasteiger partial charge on any atom is 0.181 e. The molecule has 3 aromatic rings. The highest BCUT2D eigenvalue weighted by atomic mass is 16.5. The second kappa shape index (κ2) is 5.18. The van der Waals surface area contributed by atoms with Crippen LogP contribution in [0.4, 0.5) is 0 Å². The summed E-state index contributed by atoms with van der Waals surface area (Å²) >= 11 is 0. The van der Waals surface area contributed by atoms with Gasteiger partial charge in [0, 0.05) is 11.6 Å². The number of rotatable bonds is 3. The molecular formula is C17H15N3O2. The van der Waals surface area contributed by atoms with E-state index in [1.165, 1.54) is 12.1 Å². The number of ether oxygens (including phenoxy) is 1. The van der Waals surface area contributed by atoms with Crippen LogP contribution >= 0.6 is 0 Å². The molecule has 2 aromatic heterocycles. The molecule has 0 N–H and O–H groups in total. The Balaban J connectivity index is 1.91. The van der Waals surface area contributed by atoms with Crippen molar-refractivity contribution in [3.8, 4) is 22.8 Å². The van der Waals surface area contributed by atoms with E-state index in [0.29, 0.717) is 0 Å². The predicted molar refractivity (Wildman–Crippen MR) is 83.0 cm³/mol. The Labute approximate surface area is 127 Å². The predicted octanol–water partition coefficient (Wildman–Crippen LogP) is 3.50. The first-order valence-electron chi connectivity index (χ1n) is 7.18. The SMILES string of the molecule is COc1cccc(-n2nc(-c3cocn3)c3c2CCC=C3)c1. The molecule has 5 nitrogen and oxygen atoms in total. The van der Waals surface area contributed by atoms with E-state index in [-0.39, 0.29) is 0 Å². The van der Waals surface area contributed by atoms with Crippen LogP contribution < -0.4 is 4.74 Å². The molecule has 5 heteroatoms. The number of nitrogens with zero attached hydrogens (tertiary/aromatic N) is 3. The van der Waals surface area contributed by atoms with E-state index in [0.717, 1.165) is 41.2 Å². The van der Waals surface area contributed by atoms with E-state index < -0.39 is 0 Å². The third kappa shape index (κ3) is 2.02. The van der Waals surface area contributed by atoms with Crippen LogP contribution in [-0.4, -0.2) is 21.9 Å². The smallest absolute Gasteiger partial charge is 0.181 e. The van der Waals surface area contributed by atoms with Crippen LogP contribution in [0.3, 0.4) is 0 Å². The topological polar surface area (TPSA) is 53.1 Å². The van der Waals surface area contributed by atoms with Gasteiger partial charge in [0.15, 0.2) is 6.39 Å². The second-order valence-electron chi connectivity index (χ2n) is 5.14. The van der Waals surface area contributed by atoms with Crippen molar-refractivity contribution in [2.24, 2.45) is 0 Å². The molecule has 1 aliphatic carbocycles. The molecule has 4 rings (SSSR count). The van der Waals surface area contributed by atoms with Crippen molar-refractivity contribution in [2.75, 3.05) is 7.11 Å². The molecule has 0 saturated carbocycles. The van der Waals surface area contributed by atoms with Crippen LogP contribution in [-0.2, 0) is 6.42 Å². The fraction of sp³-hybridized carbons (Fsp3) is 0.176. The highest BCUT2D eigenvalue weighted by molar-refractivity contribution is 5.72. The summed E-state index contributed by atoms with van der Waals surface area (Å²) in [7, 11) is 1.67. The summed E-state index contributed by atoms with van der Waals surface area (Å²) in [5, 5.41) is 4.77. The van der Waals surface area contributed by atoms with Crippen molar-refractivity contribution in [2.45, 2.75) is 12.8 Å². The van der Waals surface area contributed by atoms with E-state index in [1.54, 1.807) is 13.4 Å². The highest BCUT2D eigenvalue weighted by Gasteiger charge is 2.21. The normalized spacial score (nSPS) is 13.1. The van der Waals surface area contributed by atoms with Gasteiger partial charge in [0.25, 0.3) is 0 Å². The molecule has 110 valence electrons. The molecule has 22 heavy (non-hydrogen) atoms. The van der Waals surface area contributed by atoms with E-state index in [2.05, 4.69) is 17.1 Å². The Morgan fingerprint density at radius 2 is 2.27 bits per heavy atom. The number of oxazole rings is 1. The molecular weight excluding hydrogens is 278 g/mol. The summed E-state index contributed by atoms with van der Waals surface area (Å²) in [6.07, 6.45) is 9.31. The first-order chi connectivity index (χ1) is 10.9. The molecule has 0 atom stereocenters.